The molecule has 0 saturated carbocycles. The summed E-state index contributed by atoms with van der Waals surface area (Å²) in [5.74, 6) is 0.0608. The number of esters is 1. The van der Waals surface area contributed by atoms with Crippen molar-refractivity contribution in [2.75, 3.05) is 0 Å². The van der Waals surface area contributed by atoms with Crippen molar-refractivity contribution in [1.29, 1.82) is 0 Å². The van der Waals surface area contributed by atoms with Crippen LogP contribution in [-0.2, 0) is 11.2 Å². The van der Waals surface area contributed by atoms with E-state index in [4.69, 9.17) is 4.74 Å². The molecule has 5 aromatic rings. The summed E-state index contributed by atoms with van der Waals surface area (Å²) in [5, 5.41) is 9.34. The Labute approximate surface area is 197 Å². The Bertz CT molecular complexity index is 1460. The molecule has 0 radical (unpaired) electrons. The molecule has 166 valence electrons. The van der Waals surface area contributed by atoms with E-state index in [1.54, 1.807) is 11.7 Å². The fraction of sp³-hybridized carbons (Fsp3) is 0.0690. The molecule has 0 saturated heterocycles. The summed E-state index contributed by atoms with van der Waals surface area (Å²) < 4.78 is 5.93. The number of rotatable bonds is 6. The van der Waals surface area contributed by atoms with Gasteiger partial charge in [-0.1, -0.05) is 79.4 Å². The fourth-order valence-corrected chi connectivity index (χ4v) is 3.84. The number of hydrogen-bond donors (Lipinski definition) is 0. The highest BCUT2D eigenvalue weighted by Crippen LogP contribution is 2.37. The molecule has 0 amide bonds. The van der Waals surface area contributed by atoms with Gasteiger partial charge in [0, 0.05) is 23.1 Å². The molecule has 0 fully saturated rings. The second-order valence-electron chi connectivity index (χ2n) is 8.16. The van der Waals surface area contributed by atoms with Crippen LogP contribution in [0.3, 0.4) is 0 Å². The van der Waals surface area contributed by atoms with E-state index in [0.29, 0.717) is 17.7 Å². The zero-order valence-corrected chi connectivity index (χ0v) is 18.8. The number of ether oxygens (including phenoxy) is 1. The summed E-state index contributed by atoms with van der Waals surface area (Å²) in [5.41, 5.74) is 6.44. The van der Waals surface area contributed by atoms with Gasteiger partial charge >= 0.3 is 5.97 Å². The molecule has 5 rings (SSSR count). The van der Waals surface area contributed by atoms with Gasteiger partial charge in [0.1, 0.15) is 16.8 Å². The van der Waals surface area contributed by atoms with Crippen LogP contribution in [0.15, 0.2) is 109 Å². The highest BCUT2D eigenvalue weighted by molar-refractivity contribution is 5.91. The van der Waals surface area contributed by atoms with Crippen LogP contribution in [0.4, 0.5) is 0 Å². The summed E-state index contributed by atoms with van der Waals surface area (Å²) in [7, 11) is 0. The van der Waals surface area contributed by atoms with Crippen LogP contribution in [0.5, 0.6) is 5.75 Å². The number of carbonyl (C=O) groups excluding carboxylic acids is 1. The lowest BCUT2D eigenvalue weighted by Crippen LogP contribution is -2.12. The summed E-state index contributed by atoms with van der Waals surface area (Å²) in [6, 6.07) is 31.7. The van der Waals surface area contributed by atoms with Crippen LogP contribution in [-0.4, -0.2) is 21.0 Å². The topological polar surface area (TPSA) is 57.0 Å². The average Bonchev–Trinajstić information content (AvgIpc) is 3.30. The molecule has 0 aliphatic heterocycles. The van der Waals surface area contributed by atoms with Gasteiger partial charge in [-0.25, -0.2) is 4.79 Å². The summed E-state index contributed by atoms with van der Waals surface area (Å²) in [6.07, 6.45) is 0.577. The molecule has 0 aliphatic carbocycles. The molecular formula is C29H23N3O2. The van der Waals surface area contributed by atoms with Crippen molar-refractivity contribution in [2.45, 2.75) is 13.3 Å². The first-order valence-corrected chi connectivity index (χ1v) is 11.0. The van der Waals surface area contributed by atoms with Crippen molar-refractivity contribution in [3.63, 3.8) is 0 Å². The number of carbonyl (C=O) groups is 1. The third-order valence-corrected chi connectivity index (χ3v) is 5.53. The van der Waals surface area contributed by atoms with Gasteiger partial charge in [-0.2, -0.15) is 4.80 Å². The molecule has 1 aromatic heterocycles. The van der Waals surface area contributed by atoms with Crippen LogP contribution in [0.1, 0.15) is 18.1 Å². The predicted molar refractivity (Wildman–Crippen MR) is 134 cm³/mol. The van der Waals surface area contributed by atoms with Gasteiger partial charge in [-0.05, 0) is 42.3 Å². The maximum Gasteiger partial charge on any atom is 0.338 e. The third-order valence-electron chi connectivity index (χ3n) is 5.53. The molecule has 5 nitrogen and oxygen atoms in total. The highest BCUT2D eigenvalue weighted by atomic mass is 16.5. The molecule has 0 aliphatic rings. The molecule has 0 atom stereocenters. The number of aromatic nitrogens is 3. The molecule has 0 bridgehead atoms. The van der Waals surface area contributed by atoms with E-state index in [-0.39, 0.29) is 0 Å². The molecule has 0 N–H and O–H groups in total. The number of fused-ring (bicyclic) bond motifs is 1. The minimum absolute atomic E-state index is 0.341. The minimum Gasteiger partial charge on any atom is -0.422 e. The minimum atomic E-state index is -0.456. The van der Waals surface area contributed by atoms with Gasteiger partial charge in [0.15, 0.2) is 0 Å². The van der Waals surface area contributed by atoms with Crippen molar-refractivity contribution in [3.8, 4) is 22.6 Å². The predicted octanol–water partition coefficient (Wildman–Crippen LogP) is 6.16. The first kappa shape index (κ1) is 21.3. The Hall–Kier alpha value is -4.51. The Morgan fingerprint density at radius 3 is 2.06 bits per heavy atom. The maximum atomic E-state index is 12.6. The molecule has 5 heteroatoms. The van der Waals surface area contributed by atoms with E-state index >= 15 is 0 Å². The van der Waals surface area contributed by atoms with E-state index in [0.717, 1.165) is 39.0 Å². The van der Waals surface area contributed by atoms with Crippen LogP contribution >= 0.6 is 0 Å². The largest absolute Gasteiger partial charge is 0.422 e. The lowest BCUT2D eigenvalue weighted by Gasteiger charge is -2.17. The molecule has 0 spiro atoms. The molecule has 34 heavy (non-hydrogen) atoms. The molecule has 0 unspecified atom stereocenters. The second kappa shape index (κ2) is 9.16. The van der Waals surface area contributed by atoms with E-state index in [2.05, 4.69) is 28.9 Å². The summed E-state index contributed by atoms with van der Waals surface area (Å²) in [6.45, 7) is 5.41. The number of hydrogen-bond acceptors (Lipinski definition) is 4. The highest BCUT2D eigenvalue weighted by Gasteiger charge is 2.20. The second-order valence-corrected chi connectivity index (χ2v) is 8.16. The Balaban J connectivity index is 1.74. The van der Waals surface area contributed by atoms with Crippen molar-refractivity contribution in [3.05, 3.63) is 120 Å². The number of nitrogens with zero attached hydrogens (tertiary/aromatic N) is 3. The van der Waals surface area contributed by atoms with Crippen molar-refractivity contribution >= 4 is 17.0 Å². The van der Waals surface area contributed by atoms with Gasteiger partial charge in [0.05, 0.1) is 5.69 Å². The SMILES string of the molecule is C=C(C)C(=O)Oc1c(Cc2ccccc2)cc(-n2nc3ccccc3n2)cc1-c1ccccc1. The van der Waals surface area contributed by atoms with Gasteiger partial charge in [0.25, 0.3) is 0 Å². The standard InChI is InChI=1S/C29H23N3O2/c1-20(2)29(33)34-28-23(17-21-11-5-3-6-12-21)18-24(19-25(28)22-13-7-4-8-14-22)32-30-26-15-9-10-16-27(26)31-32/h3-16,18-19H,1,17H2,2H3. The van der Waals surface area contributed by atoms with Crippen LogP contribution < -0.4 is 4.74 Å². The summed E-state index contributed by atoms with van der Waals surface area (Å²) >= 11 is 0. The van der Waals surface area contributed by atoms with Crippen molar-refractivity contribution in [1.82, 2.24) is 15.0 Å². The van der Waals surface area contributed by atoms with Crippen molar-refractivity contribution in [2.24, 2.45) is 0 Å². The van der Waals surface area contributed by atoms with E-state index < -0.39 is 5.97 Å². The van der Waals surface area contributed by atoms with E-state index in [1.165, 1.54) is 0 Å². The molecular weight excluding hydrogens is 422 g/mol. The number of benzene rings is 4. The zero-order chi connectivity index (χ0) is 23.5. The first-order chi connectivity index (χ1) is 16.6. The Kier molecular flexibility index (Phi) is 5.75. The molecule has 4 aromatic carbocycles. The average molecular weight is 446 g/mol. The molecule has 1 heterocycles. The third kappa shape index (κ3) is 4.36. The smallest absolute Gasteiger partial charge is 0.338 e. The van der Waals surface area contributed by atoms with Gasteiger partial charge in [-0.15, -0.1) is 10.2 Å². The van der Waals surface area contributed by atoms with Crippen LogP contribution in [0, 0.1) is 0 Å². The first-order valence-electron chi connectivity index (χ1n) is 11.0. The monoisotopic (exact) mass is 445 g/mol. The van der Waals surface area contributed by atoms with Crippen molar-refractivity contribution < 1.29 is 9.53 Å². The lowest BCUT2D eigenvalue weighted by atomic mass is 9.96. The van der Waals surface area contributed by atoms with Gasteiger partial charge < -0.3 is 4.74 Å². The maximum absolute atomic E-state index is 12.6. The summed E-state index contributed by atoms with van der Waals surface area (Å²) in [4.78, 5) is 14.3. The van der Waals surface area contributed by atoms with Gasteiger partial charge in [0.2, 0.25) is 0 Å². The normalized spacial score (nSPS) is 10.9. The van der Waals surface area contributed by atoms with E-state index in [1.807, 2.05) is 84.9 Å². The van der Waals surface area contributed by atoms with Crippen LogP contribution in [0.25, 0.3) is 27.8 Å². The lowest BCUT2D eigenvalue weighted by molar-refractivity contribution is -0.130. The Morgan fingerprint density at radius 2 is 1.44 bits per heavy atom. The Morgan fingerprint density at radius 1 is 0.853 bits per heavy atom. The van der Waals surface area contributed by atoms with E-state index in [9.17, 15) is 4.79 Å². The quantitative estimate of drug-likeness (QED) is 0.178. The fourth-order valence-electron chi connectivity index (χ4n) is 3.84. The van der Waals surface area contributed by atoms with Gasteiger partial charge in [-0.3, -0.25) is 0 Å². The zero-order valence-electron chi connectivity index (χ0n) is 18.8. The van der Waals surface area contributed by atoms with Crippen LogP contribution in [0.2, 0.25) is 0 Å².